The van der Waals surface area contributed by atoms with Gasteiger partial charge in [0.25, 0.3) is 0 Å². The van der Waals surface area contributed by atoms with E-state index >= 15 is 0 Å². The van der Waals surface area contributed by atoms with Gasteiger partial charge in [0.1, 0.15) is 5.73 Å². The van der Waals surface area contributed by atoms with Crippen molar-refractivity contribution in [1.29, 1.82) is 0 Å². The molecule has 0 aromatic rings. The van der Waals surface area contributed by atoms with Crippen molar-refractivity contribution < 1.29 is 22.2 Å². The topological polar surface area (TPSA) is 46.2 Å². The van der Waals surface area contributed by atoms with Crippen molar-refractivity contribution >= 4 is 21.7 Å². The number of ether oxygens (including phenoxy) is 1. The number of rotatable bonds is 19. The SMILES string of the molecule is CCCCO[Si](OCCCC)(OCCCC)C(CC)OCCCOS. The van der Waals surface area contributed by atoms with Gasteiger partial charge in [-0.1, -0.05) is 47.0 Å². The first-order chi connectivity index (χ1) is 12.2. The van der Waals surface area contributed by atoms with Crippen LogP contribution in [0.5, 0.6) is 0 Å². The van der Waals surface area contributed by atoms with Gasteiger partial charge in [0.15, 0.2) is 0 Å². The summed E-state index contributed by atoms with van der Waals surface area (Å²) in [6.07, 6.45) is 7.90. The summed E-state index contributed by atoms with van der Waals surface area (Å²) in [4.78, 5) is 0. The highest BCUT2D eigenvalue weighted by Crippen LogP contribution is 2.23. The fraction of sp³-hybridized carbons (Fsp3) is 1.00. The second-order valence-electron chi connectivity index (χ2n) is 6.16. The molecular formula is C18H40O5SSi. The first-order valence-electron chi connectivity index (χ1n) is 10.00. The average molecular weight is 397 g/mol. The lowest BCUT2D eigenvalue weighted by atomic mass is 10.4. The zero-order valence-corrected chi connectivity index (χ0v) is 18.7. The quantitative estimate of drug-likeness (QED) is 0.145. The summed E-state index contributed by atoms with van der Waals surface area (Å²) >= 11 is 3.77. The van der Waals surface area contributed by atoms with Crippen LogP contribution in [0.1, 0.15) is 79.1 Å². The van der Waals surface area contributed by atoms with Crippen LogP contribution in [-0.4, -0.2) is 47.6 Å². The van der Waals surface area contributed by atoms with E-state index in [1.807, 2.05) is 0 Å². The molecule has 0 aliphatic rings. The molecule has 5 nitrogen and oxygen atoms in total. The van der Waals surface area contributed by atoms with E-state index in [-0.39, 0.29) is 5.73 Å². The minimum atomic E-state index is -2.88. The summed E-state index contributed by atoms with van der Waals surface area (Å²) in [5.41, 5.74) is -0.127. The third-order valence-corrected chi connectivity index (χ3v) is 7.23. The predicted octanol–water partition coefficient (Wildman–Crippen LogP) is 4.96. The second kappa shape index (κ2) is 17.8. The van der Waals surface area contributed by atoms with Gasteiger partial charge < -0.3 is 22.2 Å². The summed E-state index contributed by atoms with van der Waals surface area (Å²) < 4.78 is 29.8. The van der Waals surface area contributed by atoms with E-state index in [4.69, 9.17) is 22.2 Å². The van der Waals surface area contributed by atoms with Crippen molar-refractivity contribution in [3.05, 3.63) is 0 Å². The monoisotopic (exact) mass is 396 g/mol. The van der Waals surface area contributed by atoms with E-state index in [9.17, 15) is 0 Å². The summed E-state index contributed by atoms with van der Waals surface area (Å²) in [6, 6.07) is 0. The Hall–Kier alpha value is 0.367. The average Bonchev–Trinajstić information content (AvgIpc) is 2.62. The summed E-state index contributed by atoms with van der Waals surface area (Å²) in [6.45, 7) is 11.8. The molecule has 0 amide bonds. The highest BCUT2D eigenvalue weighted by atomic mass is 32.1. The first-order valence-corrected chi connectivity index (χ1v) is 12.2. The molecule has 1 atom stereocenters. The van der Waals surface area contributed by atoms with Crippen LogP contribution in [0.2, 0.25) is 0 Å². The van der Waals surface area contributed by atoms with Gasteiger partial charge >= 0.3 is 8.80 Å². The molecule has 0 aliphatic heterocycles. The van der Waals surface area contributed by atoms with Crippen LogP contribution in [0.3, 0.4) is 0 Å². The molecular weight excluding hydrogens is 356 g/mol. The van der Waals surface area contributed by atoms with E-state index in [1.54, 1.807) is 0 Å². The Balaban J connectivity index is 5.02. The minimum Gasteiger partial charge on any atom is -0.374 e. The second-order valence-corrected chi connectivity index (χ2v) is 9.14. The van der Waals surface area contributed by atoms with Gasteiger partial charge in [0.05, 0.1) is 6.61 Å². The number of unbranched alkanes of at least 4 members (excludes halogenated alkanes) is 3. The number of hydrogen-bond donors (Lipinski definition) is 1. The van der Waals surface area contributed by atoms with Gasteiger partial charge in [-0.25, -0.2) is 0 Å². The summed E-state index contributed by atoms with van der Waals surface area (Å²) in [5.74, 6) is 0. The molecule has 0 aliphatic carbocycles. The fourth-order valence-electron chi connectivity index (χ4n) is 2.30. The van der Waals surface area contributed by atoms with Crippen LogP contribution >= 0.6 is 12.9 Å². The Morgan fingerprint density at radius 2 is 1.16 bits per heavy atom. The number of hydrogen-bond acceptors (Lipinski definition) is 6. The standard InChI is InChI=1S/C18H40O5SSi/c1-5-9-15-21-25(22-16-10-6-2,23-17-11-7-3)18(8-4)19-13-12-14-20-24/h18,24H,5-17H2,1-4H3. The van der Waals surface area contributed by atoms with Crippen molar-refractivity contribution in [1.82, 2.24) is 0 Å². The van der Waals surface area contributed by atoms with E-state index < -0.39 is 8.80 Å². The normalized spacial score (nSPS) is 13.3. The molecule has 0 saturated heterocycles. The molecule has 0 spiro atoms. The molecule has 0 fully saturated rings. The largest absolute Gasteiger partial charge is 0.531 e. The molecule has 0 heterocycles. The van der Waals surface area contributed by atoms with Crippen LogP contribution in [0.4, 0.5) is 0 Å². The maximum Gasteiger partial charge on any atom is 0.531 e. The smallest absolute Gasteiger partial charge is 0.374 e. The lowest BCUT2D eigenvalue weighted by Crippen LogP contribution is -2.58. The fourth-order valence-corrected chi connectivity index (χ4v) is 5.34. The molecule has 0 rings (SSSR count). The molecule has 1 unspecified atom stereocenters. The highest BCUT2D eigenvalue weighted by molar-refractivity contribution is 7.75. The van der Waals surface area contributed by atoms with Crippen LogP contribution in [0.25, 0.3) is 0 Å². The Morgan fingerprint density at radius 1 is 0.680 bits per heavy atom. The van der Waals surface area contributed by atoms with Gasteiger partial charge in [0, 0.05) is 26.4 Å². The van der Waals surface area contributed by atoms with Crippen LogP contribution < -0.4 is 0 Å². The Kier molecular flexibility index (Phi) is 18.0. The molecule has 0 bridgehead atoms. The highest BCUT2D eigenvalue weighted by Gasteiger charge is 2.50. The molecule has 0 N–H and O–H groups in total. The third-order valence-electron chi connectivity index (χ3n) is 3.87. The Labute approximate surface area is 162 Å². The van der Waals surface area contributed by atoms with Crippen molar-refractivity contribution in [2.24, 2.45) is 0 Å². The van der Waals surface area contributed by atoms with E-state index in [0.717, 1.165) is 51.4 Å². The maximum atomic E-state index is 6.30. The third kappa shape index (κ3) is 11.6. The zero-order chi connectivity index (χ0) is 18.8. The van der Waals surface area contributed by atoms with Gasteiger partial charge in [-0.3, -0.25) is 0 Å². The van der Waals surface area contributed by atoms with E-state index in [2.05, 4.69) is 40.6 Å². The summed E-state index contributed by atoms with van der Waals surface area (Å²) in [5, 5.41) is 0. The lowest BCUT2D eigenvalue weighted by molar-refractivity contribution is -0.0200. The minimum absolute atomic E-state index is 0.127. The first kappa shape index (κ1) is 25.4. The molecule has 152 valence electrons. The molecule has 0 aromatic heterocycles. The Bertz CT molecular complexity index is 258. The maximum absolute atomic E-state index is 6.30. The van der Waals surface area contributed by atoms with Gasteiger partial charge in [-0.2, -0.15) is 0 Å². The van der Waals surface area contributed by atoms with Gasteiger partial charge in [-0.05, 0) is 45.0 Å². The van der Waals surface area contributed by atoms with Crippen molar-refractivity contribution in [2.75, 3.05) is 33.0 Å². The van der Waals surface area contributed by atoms with E-state index in [0.29, 0.717) is 33.0 Å². The van der Waals surface area contributed by atoms with Gasteiger partial charge in [-0.15, -0.1) is 0 Å². The Morgan fingerprint density at radius 3 is 1.52 bits per heavy atom. The van der Waals surface area contributed by atoms with Crippen LogP contribution in [0.15, 0.2) is 0 Å². The van der Waals surface area contributed by atoms with Crippen LogP contribution in [-0.2, 0) is 22.2 Å². The lowest BCUT2D eigenvalue weighted by Gasteiger charge is -2.35. The van der Waals surface area contributed by atoms with Crippen molar-refractivity contribution in [2.45, 2.75) is 84.8 Å². The van der Waals surface area contributed by atoms with E-state index in [1.165, 1.54) is 0 Å². The predicted molar refractivity (Wildman–Crippen MR) is 108 cm³/mol. The summed E-state index contributed by atoms with van der Waals surface area (Å²) in [7, 11) is -2.88. The number of thiol groups is 1. The molecule has 0 radical (unpaired) electrons. The van der Waals surface area contributed by atoms with Crippen molar-refractivity contribution in [3.63, 3.8) is 0 Å². The molecule has 7 heteroatoms. The molecule has 25 heavy (non-hydrogen) atoms. The van der Waals surface area contributed by atoms with Gasteiger partial charge in [0.2, 0.25) is 0 Å². The van der Waals surface area contributed by atoms with Crippen molar-refractivity contribution in [3.8, 4) is 0 Å². The zero-order valence-electron chi connectivity index (χ0n) is 16.8. The molecule has 0 aromatic carbocycles. The molecule has 0 saturated carbocycles. The van der Waals surface area contributed by atoms with Crippen LogP contribution in [0, 0.1) is 0 Å².